The van der Waals surface area contributed by atoms with Gasteiger partial charge in [-0.15, -0.1) is 0 Å². The zero-order valence-electron chi connectivity index (χ0n) is 12.5. The Bertz CT molecular complexity index is 281. The second kappa shape index (κ2) is 7.25. The molecule has 1 amide bonds. The van der Waals surface area contributed by atoms with Gasteiger partial charge in [0.25, 0.3) is 0 Å². The highest BCUT2D eigenvalue weighted by Crippen LogP contribution is 2.20. The van der Waals surface area contributed by atoms with Crippen LogP contribution in [0.5, 0.6) is 0 Å². The van der Waals surface area contributed by atoms with Crippen molar-refractivity contribution < 1.29 is 4.79 Å². The van der Waals surface area contributed by atoms with Crippen molar-refractivity contribution in [2.75, 3.05) is 40.3 Å². The van der Waals surface area contributed by atoms with Gasteiger partial charge >= 0.3 is 0 Å². The van der Waals surface area contributed by atoms with Crippen molar-refractivity contribution in [2.24, 2.45) is 5.92 Å². The van der Waals surface area contributed by atoms with E-state index >= 15 is 0 Å². The number of rotatable bonds is 4. The van der Waals surface area contributed by atoms with Gasteiger partial charge in [0, 0.05) is 13.6 Å². The molecule has 0 aromatic carbocycles. The van der Waals surface area contributed by atoms with Gasteiger partial charge in [0.15, 0.2) is 0 Å². The maximum Gasteiger partial charge on any atom is 0.239 e. The Labute approximate surface area is 117 Å². The fourth-order valence-electron chi connectivity index (χ4n) is 3.17. The third-order valence-electron chi connectivity index (χ3n) is 4.70. The predicted molar refractivity (Wildman–Crippen MR) is 78.1 cm³/mol. The summed E-state index contributed by atoms with van der Waals surface area (Å²) < 4.78 is 0. The standard InChI is InChI=1S/C15H29N3O/c1-17-10-6-13(7-11-17)8-12-18(2)15(19)14-5-3-4-9-16-14/h13-14,16H,3-12H2,1-2H3. The second-order valence-corrected chi connectivity index (χ2v) is 6.30. The third kappa shape index (κ3) is 4.46. The molecular formula is C15H29N3O. The van der Waals surface area contributed by atoms with E-state index in [9.17, 15) is 4.79 Å². The van der Waals surface area contributed by atoms with Crippen LogP contribution in [0.2, 0.25) is 0 Å². The first-order chi connectivity index (χ1) is 9.16. The minimum absolute atomic E-state index is 0.0799. The first-order valence-corrected chi connectivity index (χ1v) is 7.83. The molecule has 4 nitrogen and oxygen atoms in total. The molecule has 0 radical (unpaired) electrons. The van der Waals surface area contributed by atoms with Crippen molar-refractivity contribution >= 4 is 5.91 Å². The number of piperidine rings is 2. The predicted octanol–water partition coefficient (Wildman–Crippen LogP) is 1.32. The van der Waals surface area contributed by atoms with E-state index in [4.69, 9.17) is 0 Å². The number of likely N-dealkylation sites (N-methyl/N-ethyl adjacent to an activating group) is 1. The first-order valence-electron chi connectivity index (χ1n) is 7.83. The zero-order valence-corrected chi connectivity index (χ0v) is 12.5. The van der Waals surface area contributed by atoms with Crippen molar-refractivity contribution in [3.05, 3.63) is 0 Å². The van der Waals surface area contributed by atoms with Crippen LogP contribution >= 0.6 is 0 Å². The average molecular weight is 267 g/mol. The smallest absolute Gasteiger partial charge is 0.239 e. The van der Waals surface area contributed by atoms with Gasteiger partial charge in [-0.1, -0.05) is 6.42 Å². The number of carbonyl (C=O) groups is 1. The van der Waals surface area contributed by atoms with E-state index in [1.54, 1.807) is 0 Å². The molecule has 0 spiro atoms. The van der Waals surface area contributed by atoms with Crippen LogP contribution in [-0.4, -0.2) is 62.0 Å². The molecule has 0 aromatic heterocycles. The Balaban J connectivity index is 1.68. The van der Waals surface area contributed by atoms with Crippen molar-refractivity contribution in [3.8, 4) is 0 Å². The molecule has 2 saturated heterocycles. The Kier molecular flexibility index (Phi) is 5.64. The van der Waals surface area contributed by atoms with Crippen molar-refractivity contribution in [3.63, 3.8) is 0 Å². The van der Waals surface area contributed by atoms with Crippen LogP contribution in [-0.2, 0) is 4.79 Å². The van der Waals surface area contributed by atoms with E-state index < -0.39 is 0 Å². The summed E-state index contributed by atoms with van der Waals surface area (Å²) in [6.07, 6.45) is 7.16. The average Bonchev–Trinajstić information content (AvgIpc) is 2.46. The molecule has 0 saturated carbocycles. The maximum absolute atomic E-state index is 12.3. The zero-order chi connectivity index (χ0) is 13.7. The lowest BCUT2D eigenvalue weighted by atomic mass is 9.93. The number of likely N-dealkylation sites (tertiary alicyclic amines) is 1. The molecule has 19 heavy (non-hydrogen) atoms. The van der Waals surface area contributed by atoms with Gasteiger partial charge in [0.05, 0.1) is 6.04 Å². The van der Waals surface area contributed by atoms with E-state index in [1.807, 2.05) is 11.9 Å². The van der Waals surface area contributed by atoms with Gasteiger partial charge in [-0.3, -0.25) is 4.79 Å². The SMILES string of the molecule is CN1CCC(CCN(C)C(=O)C2CCCCN2)CC1. The number of nitrogens with zero attached hydrogens (tertiary/aromatic N) is 2. The molecule has 2 rings (SSSR count). The highest BCUT2D eigenvalue weighted by molar-refractivity contribution is 5.81. The molecule has 1 N–H and O–H groups in total. The van der Waals surface area contributed by atoms with Crippen molar-refractivity contribution in [2.45, 2.75) is 44.6 Å². The summed E-state index contributed by atoms with van der Waals surface area (Å²) in [4.78, 5) is 16.6. The molecule has 2 heterocycles. The fraction of sp³-hybridized carbons (Fsp3) is 0.933. The molecule has 1 unspecified atom stereocenters. The number of carbonyl (C=O) groups excluding carboxylic acids is 1. The molecule has 0 aliphatic carbocycles. The number of nitrogens with one attached hydrogen (secondary N) is 1. The number of hydrogen-bond donors (Lipinski definition) is 1. The minimum atomic E-state index is 0.0799. The summed E-state index contributed by atoms with van der Waals surface area (Å²) in [5.41, 5.74) is 0. The maximum atomic E-state index is 12.3. The van der Waals surface area contributed by atoms with Crippen molar-refractivity contribution in [1.29, 1.82) is 0 Å². The van der Waals surface area contributed by atoms with Crippen molar-refractivity contribution in [1.82, 2.24) is 15.1 Å². The number of amides is 1. The minimum Gasteiger partial charge on any atom is -0.344 e. The molecule has 2 fully saturated rings. The lowest BCUT2D eigenvalue weighted by Gasteiger charge is -2.31. The van der Waals surface area contributed by atoms with Crippen LogP contribution in [0, 0.1) is 5.92 Å². The van der Waals surface area contributed by atoms with Crippen LogP contribution in [0.25, 0.3) is 0 Å². The highest BCUT2D eigenvalue weighted by Gasteiger charge is 2.24. The molecule has 110 valence electrons. The van der Waals surface area contributed by atoms with E-state index in [1.165, 1.54) is 45.2 Å². The molecular weight excluding hydrogens is 238 g/mol. The van der Waals surface area contributed by atoms with Gasteiger partial charge in [0.1, 0.15) is 0 Å². The Morgan fingerprint density at radius 3 is 2.63 bits per heavy atom. The topological polar surface area (TPSA) is 35.6 Å². The second-order valence-electron chi connectivity index (χ2n) is 6.30. The van der Waals surface area contributed by atoms with Crippen LogP contribution in [0.3, 0.4) is 0 Å². The van der Waals surface area contributed by atoms with E-state index in [0.717, 1.165) is 25.4 Å². The molecule has 0 bridgehead atoms. The molecule has 2 aliphatic heterocycles. The van der Waals surface area contributed by atoms with Gasteiger partial charge in [-0.25, -0.2) is 0 Å². The van der Waals surface area contributed by atoms with Gasteiger partial charge in [0.2, 0.25) is 5.91 Å². The normalized spacial score (nSPS) is 26.3. The lowest BCUT2D eigenvalue weighted by molar-refractivity contribution is -0.132. The lowest BCUT2D eigenvalue weighted by Crippen LogP contribution is -2.47. The summed E-state index contributed by atoms with van der Waals surface area (Å²) in [5, 5.41) is 3.35. The monoisotopic (exact) mass is 267 g/mol. The van der Waals surface area contributed by atoms with E-state index in [-0.39, 0.29) is 6.04 Å². The number of hydrogen-bond acceptors (Lipinski definition) is 3. The Hall–Kier alpha value is -0.610. The fourth-order valence-corrected chi connectivity index (χ4v) is 3.17. The van der Waals surface area contributed by atoms with E-state index in [0.29, 0.717) is 5.91 Å². The molecule has 0 aromatic rings. The summed E-state index contributed by atoms with van der Waals surface area (Å²) in [6, 6.07) is 0.0799. The highest BCUT2D eigenvalue weighted by atomic mass is 16.2. The summed E-state index contributed by atoms with van der Waals surface area (Å²) in [7, 11) is 4.16. The molecule has 4 heteroatoms. The van der Waals surface area contributed by atoms with Crippen LogP contribution < -0.4 is 5.32 Å². The molecule has 1 atom stereocenters. The van der Waals surface area contributed by atoms with Gasteiger partial charge in [-0.2, -0.15) is 0 Å². The Morgan fingerprint density at radius 2 is 2.00 bits per heavy atom. The first kappa shape index (κ1) is 14.8. The van der Waals surface area contributed by atoms with Crippen LogP contribution in [0.15, 0.2) is 0 Å². The van der Waals surface area contributed by atoms with Gasteiger partial charge in [-0.05, 0) is 64.7 Å². The molecule has 2 aliphatic rings. The summed E-state index contributed by atoms with van der Waals surface area (Å²) >= 11 is 0. The summed E-state index contributed by atoms with van der Waals surface area (Å²) in [5.74, 6) is 1.11. The van der Waals surface area contributed by atoms with Crippen LogP contribution in [0.4, 0.5) is 0 Å². The quantitative estimate of drug-likeness (QED) is 0.834. The van der Waals surface area contributed by atoms with Crippen LogP contribution in [0.1, 0.15) is 38.5 Å². The summed E-state index contributed by atoms with van der Waals surface area (Å²) in [6.45, 7) is 4.35. The largest absolute Gasteiger partial charge is 0.344 e. The Morgan fingerprint density at radius 1 is 1.26 bits per heavy atom. The van der Waals surface area contributed by atoms with Gasteiger partial charge < -0.3 is 15.1 Å². The van der Waals surface area contributed by atoms with E-state index in [2.05, 4.69) is 17.3 Å². The third-order valence-corrected chi connectivity index (χ3v) is 4.70.